The summed E-state index contributed by atoms with van der Waals surface area (Å²) >= 11 is 0. The molecule has 3 unspecified atom stereocenters. The Kier molecular flexibility index (Phi) is 4.84. The van der Waals surface area contributed by atoms with Gasteiger partial charge in [-0.25, -0.2) is 8.78 Å². The Balaban J connectivity index is 0.00000161. The molecule has 3 nitrogen and oxygen atoms in total. The van der Waals surface area contributed by atoms with E-state index in [1.54, 1.807) is 6.07 Å². The van der Waals surface area contributed by atoms with Crippen LogP contribution in [-0.2, 0) is 4.79 Å². The van der Waals surface area contributed by atoms with Crippen LogP contribution in [0.2, 0.25) is 0 Å². The first kappa shape index (κ1) is 16.2. The zero-order valence-electron chi connectivity index (χ0n) is 11.5. The molecule has 21 heavy (non-hydrogen) atoms. The fourth-order valence-electron chi connectivity index (χ4n) is 2.64. The molecular weight excluding hydrogens is 298 g/mol. The van der Waals surface area contributed by atoms with Crippen molar-refractivity contribution in [2.75, 3.05) is 6.54 Å². The average molecular weight is 317 g/mol. The van der Waals surface area contributed by atoms with Gasteiger partial charge in [-0.1, -0.05) is 6.07 Å². The van der Waals surface area contributed by atoms with Gasteiger partial charge in [0.25, 0.3) is 0 Å². The van der Waals surface area contributed by atoms with E-state index in [1.807, 2.05) is 0 Å². The topological polar surface area (TPSA) is 55.1 Å². The van der Waals surface area contributed by atoms with Crippen LogP contribution >= 0.6 is 12.4 Å². The Hall–Kier alpha value is -1.20. The van der Waals surface area contributed by atoms with E-state index in [2.05, 4.69) is 5.32 Å². The van der Waals surface area contributed by atoms with Crippen LogP contribution < -0.4 is 11.1 Å². The fraction of sp³-hybridized carbons (Fsp3) is 0.533. The van der Waals surface area contributed by atoms with Gasteiger partial charge in [0.15, 0.2) is 11.6 Å². The second kappa shape index (κ2) is 6.28. The van der Waals surface area contributed by atoms with Gasteiger partial charge in [0.2, 0.25) is 5.91 Å². The van der Waals surface area contributed by atoms with Crippen LogP contribution in [0.25, 0.3) is 0 Å². The van der Waals surface area contributed by atoms with Crippen molar-refractivity contribution in [2.45, 2.75) is 31.2 Å². The number of hydrogen-bond donors (Lipinski definition) is 2. The van der Waals surface area contributed by atoms with Gasteiger partial charge in [-0.3, -0.25) is 4.79 Å². The van der Waals surface area contributed by atoms with E-state index in [-0.39, 0.29) is 36.2 Å². The van der Waals surface area contributed by atoms with Crippen LogP contribution in [0.3, 0.4) is 0 Å². The molecule has 0 spiro atoms. The van der Waals surface area contributed by atoms with Crippen molar-refractivity contribution in [3.63, 3.8) is 0 Å². The van der Waals surface area contributed by atoms with E-state index in [0.717, 1.165) is 18.9 Å². The molecule has 3 atom stereocenters. The van der Waals surface area contributed by atoms with Gasteiger partial charge in [0.1, 0.15) is 0 Å². The summed E-state index contributed by atoms with van der Waals surface area (Å²) in [6.07, 6.45) is 2.99. The number of benzene rings is 1. The molecular formula is C15H19ClF2N2O. The van der Waals surface area contributed by atoms with Crippen molar-refractivity contribution < 1.29 is 13.6 Å². The minimum Gasteiger partial charge on any atom is -0.354 e. The first-order valence-corrected chi connectivity index (χ1v) is 7.04. The molecule has 0 bridgehead atoms. The Morgan fingerprint density at radius 3 is 2.67 bits per heavy atom. The molecule has 1 amide bonds. The molecule has 2 saturated carbocycles. The highest BCUT2D eigenvalue weighted by molar-refractivity contribution is 5.85. The first-order chi connectivity index (χ1) is 9.56. The van der Waals surface area contributed by atoms with E-state index in [9.17, 15) is 13.6 Å². The summed E-state index contributed by atoms with van der Waals surface area (Å²) in [7, 11) is 0. The molecule has 1 aromatic carbocycles. The maximum atomic E-state index is 13.2. The summed E-state index contributed by atoms with van der Waals surface area (Å²) in [6, 6.07) is 3.88. The second-order valence-electron chi connectivity index (χ2n) is 5.87. The number of rotatable bonds is 5. The van der Waals surface area contributed by atoms with Gasteiger partial charge < -0.3 is 11.1 Å². The summed E-state index contributed by atoms with van der Waals surface area (Å²) in [5, 5.41) is 2.86. The predicted octanol–water partition coefficient (Wildman–Crippen LogP) is 2.34. The SMILES string of the molecule is Cl.NC(CNC(=O)C1CC1c1ccc(F)c(F)c1)C1CC1. The van der Waals surface area contributed by atoms with Gasteiger partial charge in [-0.15, -0.1) is 12.4 Å². The van der Waals surface area contributed by atoms with Crippen molar-refractivity contribution in [1.29, 1.82) is 0 Å². The third-order valence-corrected chi connectivity index (χ3v) is 4.24. The highest BCUT2D eigenvalue weighted by atomic mass is 35.5. The molecule has 6 heteroatoms. The number of amides is 1. The van der Waals surface area contributed by atoms with Gasteiger partial charge in [-0.05, 0) is 48.8 Å². The second-order valence-corrected chi connectivity index (χ2v) is 5.87. The molecule has 2 fully saturated rings. The van der Waals surface area contributed by atoms with Gasteiger partial charge in [0.05, 0.1) is 0 Å². The summed E-state index contributed by atoms with van der Waals surface area (Å²) in [5.74, 6) is -1.32. The van der Waals surface area contributed by atoms with Gasteiger partial charge >= 0.3 is 0 Å². The smallest absolute Gasteiger partial charge is 0.223 e. The first-order valence-electron chi connectivity index (χ1n) is 7.04. The number of carbonyl (C=O) groups is 1. The maximum absolute atomic E-state index is 13.2. The largest absolute Gasteiger partial charge is 0.354 e. The maximum Gasteiger partial charge on any atom is 0.223 e. The monoisotopic (exact) mass is 316 g/mol. The quantitative estimate of drug-likeness (QED) is 0.876. The van der Waals surface area contributed by atoms with Crippen LogP contribution in [-0.4, -0.2) is 18.5 Å². The molecule has 0 radical (unpaired) electrons. The standard InChI is InChI=1S/C15H18F2N2O.ClH/c16-12-4-3-9(5-13(12)17)10-6-11(10)15(20)19-7-14(18)8-1-2-8;/h3-5,8,10-11,14H,1-2,6-7,18H2,(H,19,20);1H. The molecule has 3 N–H and O–H groups in total. The lowest BCUT2D eigenvalue weighted by Crippen LogP contribution is -2.39. The lowest BCUT2D eigenvalue weighted by atomic mass is 10.1. The van der Waals surface area contributed by atoms with Crippen LogP contribution in [0.1, 0.15) is 30.7 Å². The van der Waals surface area contributed by atoms with Crippen LogP contribution in [0.15, 0.2) is 18.2 Å². The lowest BCUT2D eigenvalue weighted by molar-refractivity contribution is -0.122. The minimum absolute atomic E-state index is 0. The Bertz CT molecular complexity index is 536. The van der Waals surface area contributed by atoms with E-state index >= 15 is 0 Å². The molecule has 0 aliphatic heterocycles. The molecule has 0 saturated heterocycles. The average Bonchev–Trinajstić information content (AvgIpc) is 3.28. The lowest BCUT2D eigenvalue weighted by Gasteiger charge is -2.11. The Morgan fingerprint density at radius 1 is 1.33 bits per heavy atom. The minimum atomic E-state index is -0.857. The number of halogens is 3. The molecule has 2 aliphatic rings. The van der Waals surface area contributed by atoms with Crippen molar-refractivity contribution in [1.82, 2.24) is 5.32 Å². The summed E-state index contributed by atoms with van der Waals surface area (Å²) < 4.78 is 26.0. The number of hydrogen-bond acceptors (Lipinski definition) is 2. The molecule has 3 rings (SSSR count). The molecule has 2 aliphatic carbocycles. The third-order valence-electron chi connectivity index (χ3n) is 4.24. The summed E-state index contributed by atoms with van der Waals surface area (Å²) in [5.41, 5.74) is 6.61. The number of nitrogens with one attached hydrogen (secondary N) is 1. The normalized spacial score (nSPS) is 24.9. The van der Waals surface area contributed by atoms with E-state index in [0.29, 0.717) is 24.4 Å². The van der Waals surface area contributed by atoms with Crippen LogP contribution in [0.5, 0.6) is 0 Å². The van der Waals surface area contributed by atoms with Crippen LogP contribution in [0.4, 0.5) is 8.78 Å². The highest BCUT2D eigenvalue weighted by Gasteiger charge is 2.44. The predicted molar refractivity (Wildman–Crippen MR) is 78.2 cm³/mol. The van der Waals surface area contributed by atoms with Crippen molar-refractivity contribution >= 4 is 18.3 Å². The van der Waals surface area contributed by atoms with E-state index < -0.39 is 11.6 Å². The van der Waals surface area contributed by atoms with E-state index in [1.165, 1.54) is 6.07 Å². The zero-order valence-corrected chi connectivity index (χ0v) is 12.3. The molecule has 0 aromatic heterocycles. The van der Waals surface area contributed by atoms with Crippen LogP contribution in [0, 0.1) is 23.5 Å². The Morgan fingerprint density at radius 2 is 2.05 bits per heavy atom. The fourth-order valence-corrected chi connectivity index (χ4v) is 2.64. The summed E-state index contributed by atoms with van der Waals surface area (Å²) in [4.78, 5) is 12.0. The van der Waals surface area contributed by atoms with Crippen molar-refractivity contribution in [2.24, 2.45) is 17.6 Å². The number of nitrogens with two attached hydrogens (primary N) is 1. The highest BCUT2D eigenvalue weighted by Crippen LogP contribution is 2.47. The molecule has 0 heterocycles. The Labute approximate surface area is 128 Å². The number of carbonyl (C=O) groups excluding carboxylic acids is 1. The van der Waals surface area contributed by atoms with E-state index in [4.69, 9.17) is 5.73 Å². The van der Waals surface area contributed by atoms with Crippen molar-refractivity contribution in [3.05, 3.63) is 35.4 Å². The van der Waals surface area contributed by atoms with Crippen molar-refractivity contribution in [3.8, 4) is 0 Å². The zero-order chi connectivity index (χ0) is 14.3. The van der Waals surface area contributed by atoms with Gasteiger partial charge in [-0.2, -0.15) is 0 Å². The van der Waals surface area contributed by atoms with Gasteiger partial charge in [0, 0.05) is 18.5 Å². The molecule has 116 valence electrons. The third kappa shape index (κ3) is 3.71. The summed E-state index contributed by atoms with van der Waals surface area (Å²) in [6.45, 7) is 0.504. The molecule has 1 aromatic rings.